The van der Waals surface area contributed by atoms with Crippen molar-refractivity contribution in [2.45, 2.75) is 19.9 Å². The molecular formula is C13H20N2O2. The zero-order valence-corrected chi connectivity index (χ0v) is 10.4. The van der Waals surface area contributed by atoms with E-state index in [1.54, 1.807) is 6.07 Å². The number of furan rings is 1. The number of rotatable bonds is 5. The molecule has 0 bridgehead atoms. The second-order valence-corrected chi connectivity index (χ2v) is 4.54. The van der Waals surface area contributed by atoms with Crippen molar-refractivity contribution in [2.75, 3.05) is 32.7 Å². The molecule has 0 unspecified atom stereocenters. The Hall–Kier alpha value is -1.13. The van der Waals surface area contributed by atoms with Crippen molar-refractivity contribution in [1.29, 1.82) is 0 Å². The Labute approximate surface area is 102 Å². The van der Waals surface area contributed by atoms with Crippen LogP contribution in [0.25, 0.3) is 0 Å². The van der Waals surface area contributed by atoms with Crippen LogP contribution < -0.4 is 0 Å². The number of nitrogens with zero attached hydrogens (tertiary/aromatic N) is 2. The highest BCUT2D eigenvalue weighted by Gasteiger charge is 2.17. The van der Waals surface area contributed by atoms with E-state index in [1.807, 2.05) is 6.07 Å². The lowest BCUT2D eigenvalue weighted by Crippen LogP contribution is -2.45. The maximum Gasteiger partial charge on any atom is 0.185 e. The number of hydrogen-bond acceptors (Lipinski definition) is 4. The normalized spacial score (nSPS) is 18.4. The van der Waals surface area contributed by atoms with E-state index in [4.69, 9.17) is 4.42 Å². The van der Waals surface area contributed by atoms with E-state index < -0.39 is 0 Å². The fourth-order valence-electron chi connectivity index (χ4n) is 2.25. The summed E-state index contributed by atoms with van der Waals surface area (Å²) in [6.07, 6.45) is 1.98. The van der Waals surface area contributed by atoms with Gasteiger partial charge in [-0.25, -0.2) is 0 Å². The fourth-order valence-corrected chi connectivity index (χ4v) is 2.25. The maximum absolute atomic E-state index is 10.5. The monoisotopic (exact) mass is 236 g/mol. The Morgan fingerprint density at radius 2 is 1.94 bits per heavy atom. The average Bonchev–Trinajstić information content (AvgIpc) is 2.80. The highest BCUT2D eigenvalue weighted by atomic mass is 16.3. The van der Waals surface area contributed by atoms with Gasteiger partial charge >= 0.3 is 0 Å². The van der Waals surface area contributed by atoms with Crippen molar-refractivity contribution in [1.82, 2.24) is 9.80 Å². The van der Waals surface area contributed by atoms with Gasteiger partial charge in [0.25, 0.3) is 0 Å². The van der Waals surface area contributed by atoms with Crippen LogP contribution in [0.5, 0.6) is 0 Å². The second-order valence-electron chi connectivity index (χ2n) is 4.54. The number of carbonyl (C=O) groups excluding carboxylic acids is 1. The molecule has 0 aliphatic carbocycles. The molecule has 1 fully saturated rings. The van der Waals surface area contributed by atoms with Crippen LogP contribution in [0.4, 0.5) is 0 Å². The number of aldehydes is 1. The van der Waals surface area contributed by atoms with Crippen LogP contribution in [0.1, 0.15) is 29.7 Å². The summed E-state index contributed by atoms with van der Waals surface area (Å²) in [5, 5.41) is 0. The Balaban J connectivity index is 1.79. The Morgan fingerprint density at radius 1 is 1.24 bits per heavy atom. The SMILES string of the molecule is CCCN1CCN(Cc2ccc(C=O)o2)CC1. The lowest BCUT2D eigenvalue weighted by atomic mass is 10.3. The summed E-state index contributed by atoms with van der Waals surface area (Å²) in [6.45, 7) is 8.66. The molecule has 0 radical (unpaired) electrons. The smallest absolute Gasteiger partial charge is 0.185 e. The van der Waals surface area contributed by atoms with Gasteiger partial charge in [0.2, 0.25) is 0 Å². The highest BCUT2D eigenvalue weighted by Crippen LogP contribution is 2.11. The fraction of sp³-hybridized carbons (Fsp3) is 0.615. The predicted molar refractivity (Wildman–Crippen MR) is 66.1 cm³/mol. The Kier molecular flexibility index (Phi) is 4.34. The lowest BCUT2D eigenvalue weighted by molar-refractivity contribution is 0.108. The molecule has 2 heterocycles. The van der Waals surface area contributed by atoms with E-state index in [-0.39, 0.29) is 0 Å². The van der Waals surface area contributed by atoms with Crippen molar-refractivity contribution in [3.63, 3.8) is 0 Å². The van der Waals surface area contributed by atoms with Crippen LogP contribution in [-0.2, 0) is 6.54 Å². The summed E-state index contributed by atoms with van der Waals surface area (Å²) in [7, 11) is 0. The third kappa shape index (κ3) is 3.41. The summed E-state index contributed by atoms with van der Waals surface area (Å²) in [6, 6.07) is 3.62. The van der Waals surface area contributed by atoms with Crippen molar-refractivity contribution >= 4 is 6.29 Å². The molecule has 1 aliphatic heterocycles. The molecular weight excluding hydrogens is 216 g/mol. The van der Waals surface area contributed by atoms with Gasteiger partial charge < -0.3 is 9.32 Å². The van der Waals surface area contributed by atoms with Gasteiger partial charge in [-0.3, -0.25) is 9.69 Å². The minimum Gasteiger partial charge on any atom is -0.457 e. The molecule has 0 spiro atoms. The first-order valence-corrected chi connectivity index (χ1v) is 6.30. The third-order valence-electron chi connectivity index (χ3n) is 3.18. The summed E-state index contributed by atoms with van der Waals surface area (Å²) < 4.78 is 5.39. The molecule has 2 rings (SSSR count). The van der Waals surface area contributed by atoms with Gasteiger partial charge in [-0.1, -0.05) is 6.92 Å². The molecule has 1 saturated heterocycles. The minimum atomic E-state index is 0.421. The van der Waals surface area contributed by atoms with Crippen LogP contribution in [0.3, 0.4) is 0 Å². The summed E-state index contributed by atoms with van der Waals surface area (Å²) >= 11 is 0. The second kappa shape index (κ2) is 5.98. The van der Waals surface area contributed by atoms with E-state index in [0.717, 1.165) is 44.8 Å². The van der Waals surface area contributed by atoms with Crippen LogP contribution in [0.2, 0.25) is 0 Å². The van der Waals surface area contributed by atoms with E-state index in [1.165, 1.54) is 13.0 Å². The van der Waals surface area contributed by atoms with Gasteiger partial charge in [0.05, 0.1) is 6.54 Å². The zero-order valence-electron chi connectivity index (χ0n) is 10.4. The summed E-state index contributed by atoms with van der Waals surface area (Å²) in [5.74, 6) is 1.31. The average molecular weight is 236 g/mol. The van der Waals surface area contributed by atoms with Gasteiger partial charge in [0, 0.05) is 26.2 Å². The lowest BCUT2D eigenvalue weighted by Gasteiger charge is -2.33. The Morgan fingerprint density at radius 3 is 2.53 bits per heavy atom. The zero-order chi connectivity index (χ0) is 12.1. The van der Waals surface area contributed by atoms with Gasteiger partial charge in [0.15, 0.2) is 12.0 Å². The Bertz CT molecular complexity index is 354. The van der Waals surface area contributed by atoms with Crippen LogP contribution in [-0.4, -0.2) is 48.8 Å². The molecule has 0 atom stereocenters. The van der Waals surface area contributed by atoms with E-state index >= 15 is 0 Å². The highest BCUT2D eigenvalue weighted by molar-refractivity contribution is 5.70. The van der Waals surface area contributed by atoms with Crippen LogP contribution in [0, 0.1) is 0 Å². The van der Waals surface area contributed by atoms with Crippen LogP contribution >= 0.6 is 0 Å². The minimum absolute atomic E-state index is 0.421. The first kappa shape index (κ1) is 12.3. The predicted octanol–water partition coefficient (Wildman–Crippen LogP) is 1.62. The molecule has 1 aliphatic rings. The van der Waals surface area contributed by atoms with Crippen LogP contribution in [0.15, 0.2) is 16.5 Å². The molecule has 0 amide bonds. The molecule has 1 aromatic rings. The topological polar surface area (TPSA) is 36.7 Å². The quantitative estimate of drug-likeness (QED) is 0.728. The first-order valence-electron chi connectivity index (χ1n) is 6.30. The molecule has 4 heteroatoms. The van der Waals surface area contributed by atoms with Gasteiger partial charge in [-0.2, -0.15) is 0 Å². The molecule has 0 aromatic carbocycles. The maximum atomic E-state index is 10.5. The molecule has 94 valence electrons. The summed E-state index contributed by atoms with van der Waals surface area (Å²) in [5.41, 5.74) is 0. The number of piperazine rings is 1. The molecule has 0 N–H and O–H groups in total. The van der Waals surface area contributed by atoms with E-state index in [9.17, 15) is 4.79 Å². The van der Waals surface area contributed by atoms with E-state index in [0.29, 0.717) is 5.76 Å². The van der Waals surface area contributed by atoms with Crippen molar-refractivity contribution in [2.24, 2.45) is 0 Å². The molecule has 1 aromatic heterocycles. The molecule has 17 heavy (non-hydrogen) atoms. The number of hydrogen-bond donors (Lipinski definition) is 0. The van der Waals surface area contributed by atoms with E-state index in [2.05, 4.69) is 16.7 Å². The molecule has 0 saturated carbocycles. The largest absolute Gasteiger partial charge is 0.457 e. The van der Waals surface area contributed by atoms with Gasteiger partial charge in [-0.15, -0.1) is 0 Å². The van der Waals surface area contributed by atoms with Gasteiger partial charge in [-0.05, 0) is 25.1 Å². The molecule has 4 nitrogen and oxygen atoms in total. The van der Waals surface area contributed by atoms with Crippen molar-refractivity contribution < 1.29 is 9.21 Å². The standard InChI is InChI=1S/C13H20N2O2/c1-2-5-14-6-8-15(9-7-14)10-12-3-4-13(11-16)17-12/h3-4,11H,2,5-10H2,1H3. The third-order valence-corrected chi connectivity index (χ3v) is 3.18. The van der Waals surface area contributed by atoms with Crippen molar-refractivity contribution in [3.05, 3.63) is 23.7 Å². The number of carbonyl (C=O) groups is 1. The summed E-state index contributed by atoms with van der Waals surface area (Å²) in [4.78, 5) is 15.4. The first-order chi connectivity index (χ1) is 8.31. The van der Waals surface area contributed by atoms with Crippen molar-refractivity contribution in [3.8, 4) is 0 Å². The van der Waals surface area contributed by atoms with Gasteiger partial charge in [0.1, 0.15) is 5.76 Å².